The number of likely N-dealkylation sites (N-methyl/N-ethyl adjacent to an activating group) is 1. The first kappa shape index (κ1) is 21.6. The highest BCUT2D eigenvalue weighted by Crippen LogP contribution is 2.39. The van der Waals surface area contributed by atoms with Crippen LogP contribution in [0.3, 0.4) is 0 Å². The minimum absolute atomic E-state index is 0.0483. The lowest BCUT2D eigenvalue weighted by atomic mass is 9.87. The molecule has 0 fully saturated rings. The van der Waals surface area contributed by atoms with E-state index in [2.05, 4.69) is 93.3 Å². The standard InChI is InChI=1S/C22H23Br2N3O2/c1-12-6-19-16(13(2)10-22(3,4)27(19)5)7-14(12)11-25-26-21(29)17-8-15(23)9-18(24)20(17)28/h6-11,28H,1-5H3,(H,26,29)/b25-11+. The van der Waals surface area contributed by atoms with Crippen molar-refractivity contribution in [2.24, 2.45) is 5.10 Å². The quantitative estimate of drug-likeness (QED) is 0.407. The minimum Gasteiger partial charge on any atom is -0.506 e. The van der Waals surface area contributed by atoms with Gasteiger partial charge in [0, 0.05) is 22.8 Å². The molecule has 1 amide bonds. The lowest BCUT2D eigenvalue weighted by molar-refractivity contribution is 0.0952. The van der Waals surface area contributed by atoms with Crippen molar-refractivity contribution in [1.29, 1.82) is 0 Å². The molecule has 2 N–H and O–H groups in total. The van der Waals surface area contributed by atoms with Crippen LogP contribution in [0, 0.1) is 6.92 Å². The van der Waals surface area contributed by atoms with E-state index in [1.165, 1.54) is 11.3 Å². The molecule has 7 heteroatoms. The number of allylic oxidation sites excluding steroid dienone is 1. The zero-order valence-electron chi connectivity index (χ0n) is 17.0. The summed E-state index contributed by atoms with van der Waals surface area (Å²) in [5, 5.41) is 14.2. The van der Waals surface area contributed by atoms with Crippen molar-refractivity contribution in [2.75, 3.05) is 11.9 Å². The number of hydrazone groups is 1. The maximum absolute atomic E-state index is 12.4. The van der Waals surface area contributed by atoms with Gasteiger partial charge >= 0.3 is 0 Å². The number of rotatable bonds is 3. The zero-order valence-corrected chi connectivity index (χ0v) is 20.1. The molecule has 0 aliphatic carbocycles. The van der Waals surface area contributed by atoms with Gasteiger partial charge in [0.05, 0.1) is 21.8 Å². The Morgan fingerprint density at radius 2 is 1.90 bits per heavy atom. The fourth-order valence-corrected chi connectivity index (χ4v) is 4.64. The van der Waals surface area contributed by atoms with Gasteiger partial charge in [-0.15, -0.1) is 0 Å². The summed E-state index contributed by atoms with van der Waals surface area (Å²) < 4.78 is 1.11. The number of fused-ring (bicyclic) bond motifs is 1. The van der Waals surface area contributed by atoms with Gasteiger partial charge in [-0.1, -0.05) is 22.0 Å². The Morgan fingerprint density at radius 3 is 2.59 bits per heavy atom. The second kappa shape index (κ2) is 7.95. The highest BCUT2D eigenvalue weighted by molar-refractivity contribution is 9.11. The number of phenolic OH excluding ortho intramolecular Hbond substituents is 1. The van der Waals surface area contributed by atoms with E-state index in [0.29, 0.717) is 8.95 Å². The van der Waals surface area contributed by atoms with E-state index in [1.54, 1.807) is 18.3 Å². The molecule has 1 heterocycles. The summed E-state index contributed by atoms with van der Waals surface area (Å²) in [4.78, 5) is 14.7. The molecule has 0 spiro atoms. The Morgan fingerprint density at radius 1 is 1.21 bits per heavy atom. The van der Waals surface area contributed by atoms with Gasteiger partial charge in [-0.2, -0.15) is 5.10 Å². The molecule has 1 aliphatic heterocycles. The number of aromatic hydroxyl groups is 1. The monoisotopic (exact) mass is 519 g/mol. The number of amides is 1. The summed E-state index contributed by atoms with van der Waals surface area (Å²) in [5.74, 6) is -0.619. The maximum atomic E-state index is 12.4. The molecule has 0 saturated heterocycles. The van der Waals surface area contributed by atoms with Crippen LogP contribution >= 0.6 is 31.9 Å². The van der Waals surface area contributed by atoms with Crippen LogP contribution in [0.4, 0.5) is 5.69 Å². The first-order chi connectivity index (χ1) is 13.5. The predicted octanol–water partition coefficient (Wildman–Crippen LogP) is 5.62. The summed E-state index contributed by atoms with van der Waals surface area (Å²) in [6.07, 6.45) is 3.88. The van der Waals surface area contributed by atoms with E-state index in [4.69, 9.17) is 0 Å². The van der Waals surface area contributed by atoms with Gasteiger partial charge in [0.25, 0.3) is 5.91 Å². The summed E-state index contributed by atoms with van der Waals surface area (Å²) in [6.45, 7) is 8.51. The first-order valence-electron chi connectivity index (χ1n) is 9.11. The molecule has 0 unspecified atom stereocenters. The average Bonchev–Trinajstić information content (AvgIpc) is 2.63. The number of hydrogen-bond donors (Lipinski definition) is 2. The number of nitrogens with one attached hydrogen (secondary N) is 1. The summed E-state index contributed by atoms with van der Waals surface area (Å²) in [5.41, 5.74) is 8.10. The van der Waals surface area contributed by atoms with E-state index < -0.39 is 5.91 Å². The van der Waals surface area contributed by atoms with Gasteiger partial charge in [-0.25, -0.2) is 5.43 Å². The number of hydrogen-bond acceptors (Lipinski definition) is 4. The molecule has 5 nitrogen and oxygen atoms in total. The van der Waals surface area contributed by atoms with Crippen LogP contribution in [0.2, 0.25) is 0 Å². The topological polar surface area (TPSA) is 64.9 Å². The lowest BCUT2D eigenvalue weighted by Crippen LogP contribution is -2.42. The molecule has 0 bridgehead atoms. The van der Waals surface area contributed by atoms with Crippen molar-refractivity contribution in [2.45, 2.75) is 33.2 Å². The van der Waals surface area contributed by atoms with Crippen molar-refractivity contribution in [1.82, 2.24) is 5.43 Å². The third kappa shape index (κ3) is 4.26. The Hall–Kier alpha value is -2.12. The number of phenols is 1. The normalized spacial score (nSPS) is 15.3. The molecule has 0 aromatic heterocycles. The highest BCUT2D eigenvalue weighted by Gasteiger charge is 2.28. The van der Waals surface area contributed by atoms with Crippen LogP contribution in [0.5, 0.6) is 5.75 Å². The maximum Gasteiger partial charge on any atom is 0.275 e. The van der Waals surface area contributed by atoms with E-state index >= 15 is 0 Å². The average molecular weight is 521 g/mol. The highest BCUT2D eigenvalue weighted by atomic mass is 79.9. The van der Waals surface area contributed by atoms with Crippen LogP contribution in [0.1, 0.15) is 47.8 Å². The van der Waals surface area contributed by atoms with Crippen LogP contribution < -0.4 is 10.3 Å². The Bertz CT molecular complexity index is 1060. The van der Waals surface area contributed by atoms with Gasteiger partial charge < -0.3 is 10.0 Å². The van der Waals surface area contributed by atoms with E-state index in [0.717, 1.165) is 16.7 Å². The fourth-order valence-electron chi connectivity index (χ4n) is 3.42. The van der Waals surface area contributed by atoms with Crippen molar-refractivity contribution >= 4 is 55.2 Å². The van der Waals surface area contributed by atoms with Gasteiger partial charge in [-0.3, -0.25) is 4.79 Å². The van der Waals surface area contributed by atoms with E-state index in [1.807, 2.05) is 6.92 Å². The number of aryl methyl sites for hydroxylation is 1. The van der Waals surface area contributed by atoms with Crippen molar-refractivity contribution in [3.63, 3.8) is 0 Å². The van der Waals surface area contributed by atoms with Crippen molar-refractivity contribution in [3.05, 3.63) is 61.5 Å². The molecule has 29 heavy (non-hydrogen) atoms. The molecule has 1 aliphatic rings. The molecule has 0 saturated carbocycles. The fraction of sp³-hybridized carbons (Fsp3) is 0.273. The van der Waals surface area contributed by atoms with Crippen LogP contribution in [0.15, 0.2) is 44.4 Å². The zero-order chi connectivity index (χ0) is 21.5. The van der Waals surface area contributed by atoms with Crippen LogP contribution in [-0.2, 0) is 0 Å². The number of anilines is 1. The molecular weight excluding hydrogens is 498 g/mol. The van der Waals surface area contributed by atoms with Gasteiger partial charge in [0.15, 0.2) is 0 Å². The van der Waals surface area contributed by atoms with Crippen LogP contribution in [0.25, 0.3) is 5.57 Å². The Labute approximate surface area is 187 Å². The number of nitrogens with zero attached hydrogens (tertiary/aromatic N) is 2. The number of carbonyl (C=O) groups excluding carboxylic acids is 1. The molecule has 0 atom stereocenters. The molecule has 152 valence electrons. The van der Waals surface area contributed by atoms with E-state index in [9.17, 15) is 9.90 Å². The second-order valence-electron chi connectivity index (χ2n) is 7.75. The Kier molecular flexibility index (Phi) is 5.92. The van der Waals surface area contributed by atoms with Gasteiger partial charge in [0.2, 0.25) is 0 Å². The number of carbonyl (C=O) groups is 1. The van der Waals surface area contributed by atoms with E-state index in [-0.39, 0.29) is 16.9 Å². The minimum atomic E-state index is -0.492. The third-order valence-corrected chi connectivity index (χ3v) is 6.31. The van der Waals surface area contributed by atoms with Crippen molar-refractivity contribution < 1.29 is 9.90 Å². The summed E-state index contributed by atoms with van der Waals surface area (Å²) in [6, 6.07) is 7.44. The van der Waals surface area contributed by atoms with Gasteiger partial charge in [0.1, 0.15) is 5.75 Å². The molecule has 0 radical (unpaired) electrons. The second-order valence-corrected chi connectivity index (χ2v) is 9.52. The molecule has 2 aromatic rings. The molecule has 3 rings (SSSR count). The summed E-state index contributed by atoms with van der Waals surface area (Å²) >= 11 is 6.54. The third-order valence-electron chi connectivity index (χ3n) is 5.25. The number of halogens is 2. The summed E-state index contributed by atoms with van der Waals surface area (Å²) in [7, 11) is 2.10. The SMILES string of the molecule is CC1=CC(C)(C)N(C)c2cc(C)c(/C=N/NC(=O)c3cc(Br)cc(Br)c3O)cc21. The Balaban J connectivity index is 1.86. The first-order valence-corrected chi connectivity index (χ1v) is 10.7. The van der Waals surface area contributed by atoms with Crippen LogP contribution in [-0.4, -0.2) is 29.8 Å². The predicted molar refractivity (Wildman–Crippen MR) is 126 cm³/mol. The lowest BCUT2D eigenvalue weighted by Gasteiger charge is -2.41. The number of benzene rings is 2. The smallest absolute Gasteiger partial charge is 0.275 e. The van der Waals surface area contributed by atoms with Gasteiger partial charge in [-0.05, 0) is 84.6 Å². The molecular formula is C22H23Br2N3O2. The largest absolute Gasteiger partial charge is 0.506 e. The molecule has 2 aromatic carbocycles. The van der Waals surface area contributed by atoms with Crippen molar-refractivity contribution in [3.8, 4) is 5.75 Å².